The minimum atomic E-state index is 0.469. The largest absolute Gasteiger partial charge is 0.487 e. The summed E-state index contributed by atoms with van der Waals surface area (Å²) in [6.45, 7) is 0.469. The van der Waals surface area contributed by atoms with Gasteiger partial charge in [0.15, 0.2) is 5.16 Å². The lowest BCUT2D eigenvalue weighted by molar-refractivity contribution is 0.307. The zero-order valence-electron chi connectivity index (χ0n) is 12.1. The van der Waals surface area contributed by atoms with Crippen LogP contribution in [0.15, 0.2) is 71.0 Å². The van der Waals surface area contributed by atoms with Crippen LogP contribution >= 0.6 is 23.4 Å². The average molecular weight is 344 g/mol. The van der Waals surface area contributed by atoms with Gasteiger partial charge in [-0.05, 0) is 29.5 Å². The molecular formula is C17H14ClN3OS. The second-order valence-electron chi connectivity index (χ2n) is 4.73. The molecule has 0 fully saturated rings. The van der Waals surface area contributed by atoms with E-state index in [9.17, 15) is 0 Å². The van der Waals surface area contributed by atoms with Crippen molar-refractivity contribution in [3.63, 3.8) is 0 Å². The van der Waals surface area contributed by atoms with E-state index in [1.54, 1.807) is 12.4 Å². The van der Waals surface area contributed by atoms with E-state index in [4.69, 9.17) is 22.1 Å². The Hall–Kier alpha value is -2.24. The second-order valence-corrected chi connectivity index (χ2v) is 6.17. The third-order valence-electron chi connectivity index (χ3n) is 3.06. The number of nitrogens with zero attached hydrogens (tertiary/aromatic N) is 2. The quantitative estimate of drug-likeness (QED) is 0.548. The van der Waals surface area contributed by atoms with E-state index in [0.717, 1.165) is 10.5 Å². The van der Waals surface area contributed by atoms with Crippen LogP contribution in [0.25, 0.3) is 0 Å². The van der Waals surface area contributed by atoms with E-state index >= 15 is 0 Å². The summed E-state index contributed by atoms with van der Waals surface area (Å²) in [6.07, 6.45) is 3.12. The number of nitrogen functional groups attached to an aromatic ring is 1. The fourth-order valence-corrected chi connectivity index (χ4v) is 2.79. The first-order chi connectivity index (χ1) is 11.2. The van der Waals surface area contributed by atoms with Gasteiger partial charge < -0.3 is 10.5 Å². The molecule has 0 aliphatic heterocycles. The molecule has 4 nitrogen and oxygen atoms in total. The van der Waals surface area contributed by atoms with E-state index in [1.807, 2.05) is 48.5 Å². The number of halogens is 1. The van der Waals surface area contributed by atoms with Crippen LogP contribution in [-0.2, 0) is 6.61 Å². The maximum absolute atomic E-state index is 6.20. The standard InChI is InChI=1S/C17H14ClN3OS/c18-13-9-20-17(21-10-13)23-15-8-4-7-14(16(15)19)22-11-12-5-2-1-3-6-12/h1-10H,11,19H2. The first-order valence-corrected chi connectivity index (χ1v) is 8.12. The Morgan fingerprint density at radius 3 is 2.48 bits per heavy atom. The predicted molar refractivity (Wildman–Crippen MR) is 92.8 cm³/mol. The van der Waals surface area contributed by atoms with E-state index in [0.29, 0.717) is 28.2 Å². The lowest BCUT2D eigenvalue weighted by atomic mass is 10.2. The number of nitrogens with two attached hydrogens (primary N) is 1. The van der Waals surface area contributed by atoms with Gasteiger partial charge in [-0.15, -0.1) is 0 Å². The summed E-state index contributed by atoms with van der Waals surface area (Å²) in [4.78, 5) is 9.17. The SMILES string of the molecule is Nc1c(OCc2ccccc2)cccc1Sc1ncc(Cl)cn1. The van der Waals surface area contributed by atoms with E-state index in [-0.39, 0.29) is 0 Å². The minimum Gasteiger partial charge on any atom is -0.487 e. The topological polar surface area (TPSA) is 61.0 Å². The highest BCUT2D eigenvalue weighted by atomic mass is 35.5. The summed E-state index contributed by atoms with van der Waals surface area (Å²) >= 11 is 7.16. The normalized spacial score (nSPS) is 10.5. The van der Waals surface area contributed by atoms with Crippen LogP contribution in [-0.4, -0.2) is 9.97 Å². The van der Waals surface area contributed by atoms with Gasteiger partial charge in [0.1, 0.15) is 12.4 Å². The summed E-state index contributed by atoms with van der Waals surface area (Å²) in [5, 5.41) is 1.09. The van der Waals surface area contributed by atoms with Crippen molar-refractivity contribution in [2.45, 2.75) is 16.7 Å². The summed E-state index contributed by atoms with van der Waals surface area (Å²) in [6, 6.07) is 15.6. The lowest BCUT2D eigenvalue weighted by Crippen LogP contribution is -2.00. The highest BCUT2D eigenvalue weighted by Gasteiger charge is 2.09. The van der Waals surface area contributed by atoms with Crippen LogP contribution in [0.2, 0.25) is 5.02 Å². The molecule has 0 unspecified atom stereocenters. The van der Waals surface area contributed by atoms with Crippen LogP contribution in [0, 0.1) is 0 Å². The number of rotatable bonds is 5. The Balaban J connectivity index is 1.74. The summed E-state index contributed by atoms with van der Waals surface area (Å²) < 4.78 is 5.82. The molecule has 0 spiro atoms. The zero-order valence-corrected chi connectivity index (χ0v) is 13.7. The van der Waals surface area contributed by atoms with Gasteiger partial charge in [0.25, 0.3) is 0 Å². The van der Waals surface area contributed by atoms with Crippen LogP contribution < -0.4 is 10.5 Å². The summed E-state index contributed by atoms with van der Waals surface area (Å²) in [7, 11) is 0. The molecule has 0 saturated heterocycles. The van der Waals surface area contributed by atoms with Crippen molar-refractivity contribution in [3.05, 3.63) is 71.5 Å². The maximum Gasteiger partial charge on any atom is 0.192 e. The number of anilines is 1. The fraction of sp³-hybridized carbons (Fsp3) is 0.0588. The van der Waals surface area contributed by atoms with Gasteiger partial charge in [0.05, 0.1) is 23.1 Å². The molecule has 3 aromatic rings. The van der Waals surface area contributed by atoms with E-state index in [2.05, 4.69) is 9.97 Å². The number of benzene rings is 2. The van der Waals surface area contributed by atoms with Gasteiger partial charge >= 0.3 is 0 Å². The smallest absolute Gasteiger partial charge is 0.192 e. The number of aromatic nitrogens is 2. The number of hydrogen-bond donors (Lipinski definition) is 1. The molecule has 6 heteroatoms. The van der Waals surface area contributed by atoms with Gasteiger partial charge in [-0.25, -0.2) is 9.97 Å². The van der Waals surface area contributed by atoms with Gasteiger partial charge in [-0.2, -0.15) is 0 Å². The molecule has 3 rings (SSSR count). The molecule has 0 aliphatic carbocycles. The van der Waals surface area contributed by atoms with Gasteiger partial charge in [0.2, 0.25) is 0 Å². The fourth-order valence-electron chi connectivity index (χ4n) is 1.93. The second kappa shape index (κ2) is 7.35. The molecule has 1 aromatic heterocycles. The molecule has 0 radical (unpaired) electrons. The predicted octanol–water partition coefficient (Wildman–Crippen LogP) is 4.44. The Bertz CT molecular complexity index is 782. The molecule has 0 saturated carbocycles. The molecule has 23 heavy (non-hydrogen) atoms. The van der Waals surface area contributed by atoms with Crippen molar-refractivity contribution >= 4 is 29.1 Å². The van der Waals surface area contributed by atoms with Crippen molar-refractivity contribution in [2.75, 3.05) is 5.73 Å². The maximum atomic E-state index is 6.20. The van der Waals surface area contributed by atoms with Crippen molar-refractivity contribution < 1.29 is 4.74 Å². The highest BCUT2D eigenvalue weighted by molar-refractivity contribution is 7.99. The number of para-hydroxylation sites is 1. The van der Waals surface area contributed by atoms with Crippen molar-refractivity contribution in [1.29, 1.82) is 0 Å². The Morgan fingerprint density at radius 1 is 1.00 bits per heavy atom. The van der Waals surface area contributed by atoms with E-state index < -0.39 is 0 Å². The minimum absolute atomic E-state index is 0.469. The summed E-state index contributed by atoms with van der Waals surface area (Å²) in [5.41, 5.74) is 7.86. The average Bonchev–Trinajstić information content (AvgIpc) is 2.58. The van der Waals surface area contributed by atoms with E-state index in [1.165, 1.54) is 11.8 Å². The molecule has 2 aromatic carbocycles. The first kappa shape index (κ1) is 15.6. The monoisotopic (exact) mass is 343 g/mol. The number of ether oxygens (including phenoxy) is 1. The molecule has 0 aliphatic rings. The molecule has 0 bridgehead atoms. The van der Waals surface area contributed by atoms with Crippen molar-refractivity contribution in [3.8, 4) is 5.75 Å². The van der Waals surface area contributed by atoms with Gasteiger partial charge in [-0.3, -0.25) is 0 Å². The Labute approximate surface area is 143 Å². The Morgan fingerprint density at radius 2 is 1.74 bits per heavy atom. The van der Waals surface area contributed by atoms with Crippen LogP contribution in [0.5, 0.6) is 5.75 Å². The van der Waals surface area contributed by atoms with Crippen molar-refractivity contribution in [1.82, 2.24) is 9.97 Å². The molecule has 0 atom stereocenters. The molecule has 1 heterocycles. The first-order valence-electron chi connectivity index (χ1n) is 6.93. The van der Waals surface area contributed by atoms with Crippen LogP contribution in [0.3, 0.4) is 0 Å². The number of hydrogen-bond acceptors (Lipinski definition) is 5. The zero-order chi connectivity index (χ0) is 16.1. The van der Waals surface area contributed by atoms with Gasteiger partial charge in [-0.1, -0.05) is 48.0 Å². The lowest BCUT2D eigenvalue weighted by Gasteiger charge is -2.11. The molecule has 0 amide bonds. The summed E-state index contributed by atoms with van der Waals surface area (Å²) in [5.74, 6) is 0.646. The van der Waals surface area contributed by atoms with Crippen LogP contribution in [0.4, 0.5) is 5.69 Å². The molecular weight excluding hydrogens is 330 g/mol. The Kier molecular flexibility index (Phi) is 5.00. The van der Waals surface area contributed by atoms with Crippen molar-refractivity contribution in [2.24, 2.45) is 0 Å². The van der Waals surface area contributed by atoms with Crippen LogP contribution in [0.1, 0.15) is 5.56 Å². The third kappa shape index (κ3) is 4.15. The molecule has 2 N–H and O–H groups in total. The van der Waals surface area contributed by atoms with Gasteiger partial charge in [0, 0.05) is 4.90 Å². The highest BCUT2D eigenvalue weighted by Crippen LogP contribution is 2.35. The molecule has 116 valence electrons. The third-order valence-corrected chi connectivity index (χ3v) is 4.23.